The van der Waals surface area contributed by atoms with Crippen LogP contribution in [-0.4, -0.2) is 21.2 Å². The smallest absolute Gasteiger partial charge is 0.265 e. The predicted octanol–water partition coefficient (Wildman–Crippen LogP) is 4.18. The van der Waals surface area contributed by atoms with Gasteiger partial charge in [-0.25, -0.2) is 4.39 Å². The van der Waals surface area contributed by atoms with E-state index in [1.54, 1.807) is 30.5 Å². The Labute approximate surface area is 171 Å². The summed E-state index contributed by atoms with van der Waals surface area (Å²) < 4.78 is 17.5. The lowest BCUT2D eigenvalue weighted by atomic mass is 10.1. The molecule has 8 heteroatoms. The van der Waals surface area contributed by atoms with Crippen LogP contribution in [0.3, 0.4) is 0 Å². The normalized spacial score (nSPS) is 14.3. The lowest BCUT2D eigenvalue weighted by Crippen LogP contribution is -2.27. The standard InChI is InChI=1S/C21H19FN4O2S/c1-12(13-7-9-15(22)10-8-13)24-21(28)19-18(25-20(27)14-5-6-14)17(26-29-19)16-4-2-3-11-23-16/h2-4,7-12,14H,5-6H2,1H3,(H,24,28)(H,25,27)/t12-/m1/s1. The van der Waals surface area contributed by atoms with E-state index >= 15 is 0 Å². The largest absolute Gasteiger partial charge is 0.345 e. The zero-order valence-electron chi connectivity index (χ0n) is 15.7. The fraction of sp³-hybridized carbons (Fsp3) is 0.238. The molecule has 0 unspecified atom stereocenters. The maximum Gasteiger partial charge on any atom is 0.265 e. The van der Waals surface area contributed by atoms with Crippen LogP contribution in [0.15, 0.2) is 48.7 Å². The topological polar surface area (TPSA) is 84.0 Å². The summed E-state index contributed by atoms with van der Waals surface area (Å²) in [6.07, 6.45) is 3.34. The van der Waals surface area contributed by atoms with Crippen LogP contribution >= 0.6 is 11.5 Å². The Balaban J connectivity index is 1.61. The van der Waals surface area contributed by atoms with Gasteiger partial charge in [-0.15, -0.1) is 0 Å². The van der Waals surface area contributed by atoms with Gasteiger partial charge in [-0.2, -0.15) is 4.37 Å². The molecule has 2 N–H and O–H groups in total. The SMILES string of the molecule is C[C@@H](NC(=O)c1snc(-c2ccccn2)c1NC(=O)C1CC1)c1ccc(F)cc1. The monoisotopic (exact) mass is 410 g/mol. The highest BCUT2D eigenvalue weighted by atomic mass is 32.1. The Morgan fingerprint density at radius 2 is 1.93 bits per heavy atom. The van der Waals surface area contributed by atoms with Gasteiger partial charge in [0.2, 0.25) is 5.91 Å². The summed E-state index contributed by atoms with van der Waals surface area (Å²) in [6.45, 7) is 1.81. The minimum Gasteiger partial charge on any atom is -0.345 e. The summed E-state index contributed by atoms with van der Waals surface area (Å²) in [5, 5.41) is 5.77. The molecule has 148 valence electrons. The van der Waals surface area contributed by atoms with Gasteiger partial charge in [-0.05, 0) is 61.1 Å². The van der Waals surface area contributed by atoms with Gasteiger partial charge >= 0.3 is 0 Å². The molecule has 1 fully saturated rings. The summed E-state index contributed by atoms with van der Waals surface area (Å²) in [5.41, 5.74) is 2.22. The maximum atomic E-state index is 13.1. The lowest BCUT2D eigenvalue weighted by molar-refractivity contribution is -0.117. The maximum absolute atomic E-state index is 13.1. The van der Waals surface area contributed by atoms with Crippen molar-refractivity contribution >= 4 is 29.0 Å². The molecule has 2 aromatic heterocycles. The molecule has 1 saturated carbocycles. The Kier molecular flexibility index (Phi) is 5.35. The molecule has 1 atom stereocenters. The highest BCUT2D eigenvalue weighted by Gasteiger charge is 2.32. The number of hydrogen-bond acceptors (Lipinski definition) is 5. The number of nitrogens with one attached hydrogen (secondary N) is 2. The fourth-order valence-corrected chi connectivity index (χ4v) is 3.65. The molecule has 1 aliphatic carbocycles. The van der Waals surface area contributed by atoms with E-state index in [1.165, 1.54) is 12.1 Å². The van der Waals surface area contributed by atoms with Gasteiger partial charge in [0.1, 0.15) is 16.4 Å². The van der Waals surface area contributed by atoms with Gasteiger partial charge in [-0.1, -0.05) is 18.2 Å². The van der Waals surface area contributed by atoms with E-state index in [0.717, 1.165) is 29.9 Å². The average molecular weight is 410 g/mol. The molecule has 0 bridgehead atoms. The van der Waals surface area contributed by atoms with Crippen LogP contribution in [0.4, 0.5) is 10.1 Å². The second kappa shape index (κ2) is 8.08. The predicted molar refractivity (Wildman–Crippen MR) is 109 cm³/mol. The van der Waals surface area contributed by atoms with Crippen molar-refractivity contribution in [1.29, 1.82) is 0 Å². The van der Waals surface area contributed by atoms with E-state index in [4.69, 9.17) is 0 Å². The van der Waals surface area contributed by atoms with Crippen LogP contribution in [0.1, 0.15) is 41.0 Å². The van der Waals surface area contributed by atoms with E-state index in [0.29, 0.717) is 22.0 Å². The van der Waals surface area contributed by atoms with Crippen LogP contribution in [0.2, 0.25) is 0 Å². The van der Waals surface area contributed by atoms with Crippen molar-refractivity contribution in [2.45, 2.75) is 25.8 Å². The van der Waals surface area contributed by atoms with Crippen molar-refractivity contribution in [2.75, 3.05) is 5.32 Å². The van der Waals surface area contributed by atoms with Gasteiger partial charge in [0, 0.05) is 12.1 Å². The molecular weight excluding hydrogens is 391 g/mol. The van der Waals surface area contributed by atoms with E-state index in [2.05, 4.69) is 20.0 Å². The number of anilines is 1. The van der Waals surface area contributed by atoms with Crippen molar-refractivity contribution in [3.05, 3.63) is 64.9 Å². The van der Waals surface area contributed by atoms with Crippen molar-refractivity contribution in [3.63, 3.8) is 0 Å². The lowest BCUT2D eigenvalue weighted by Gasteiger charge is -2.14. The van der Waals surface area contributed by atoms with Crippen LogP contribution in [0, 0.1) is 11.7 Å². The third kappa shape index (κ3) is 4.32. The summed E-state index contributed by atoms with van der Waals surface area (Å²) in [6, 6.07) is 11.0. The van der Waals surface area contributed by atoms with E-state index < -0.39 is 0 Å². The molecule has 4 rings (SSSR count). The number of nitrogens with zero attached hydrogens (tertiary/aromatic N) is 2. The number of pyridine rings is 1. The van der Waals surface area contributed by atoms with E-state index in [-0.39, 0.29) is 29.6 Å². The molecule has 2 amide bonds. The highest BCUT2D eigenvalue weighted by Crippen LogP contribution is 2.36. The molecular formula is C21H19FN4O2S. The first-order chi connectivity index (χ1) is 14.0. The zero-order chi connectivity index (χ0) is 20.4. The second-order valence-electron chi connectivity index (χ2n) is 6.96. The first-order valence-electron chi connectivity index (χ1n) is 9.31. The molecule has 2 heterocycles. The molecule has 0 radical (unpaired) electrons. The van der Waals surface area contributed by atoms with Crippen LogP contribution < -0.4 is 10.6 Å². The van der Waals surface area contributed by atoms with E-state index in [9.17, 15) is 14.0 Å². The number of carbonyl (C=O) groups excluding carboxylic acids is 2. The second-order valence-corrected chi connectivity index (χ2v) is 7.73. The Morgan fingerprint density at radius 3 is 2.59 bits per heavy atom. The number of benzene rings is 1. The number of hydrogen-bond donors (Lipinski definition) is 2. The minimum absolute atomic E-state index is 0.0134. The van der Waals surface area contributed by atoms with Gasteiger partial charge in [0.25, 0.3) is 5.91 Å². The van der Waals surface area contributed by atoms with Crippen molar-refractivity contribution in [2.24, 2.45) is 5.92 Å². The molecule has 1 aliphatic rings. The van der Waals surface area contributed by atoms with Crippen LogP contribution in [0.25, 0.3) is 11.4 Å². The van der Waals surface area contributed by atoms with Crippen molar-refractivity contribution < 1.29 is 14.0 Å². The first kappa shape index (κ1) is 19.2. The summed E-state index contributed by atoms with van der Waals surface area (Å²) in [5.74, 6) is -0.809. The van der Waals surface area contributed by atoms with Crippen LogP contribution in [-0.2, 0) is 4.79 Å². The zero-order valence-corrected chi connectivity index (χ0v) is 16.5. The quantitative estimate of drug-likeness (QED) is 0.638. The van der Waals surface area contributed by atoms with E-state index in [1.807, 2.05) is 13.0 Å². The summed E-state index contributed by atoms with van der Waals surface area (Å²) in [4.78, 5) is 29.9. The van der Waals surface area contributed by atoms with Gasteiger partial charge in [0.05, 0.1) is 17.4 Å². The minimum atomic E-state index is -0.354. The number of aromatic nitrogens is 2. The molecule has 6 nitrogen and oxygen atoms in total. The molecule has 0 aliphatic heterocycles. The van der Waals surface area contributed by atoms with Gasteiger partial charge < -0.3 is 10.6 Å². The number of amides is 2. The van der Waals surface area contributed by atoms with Crippen molar-refractivity contribution in [1.82, 2.24) is 14.7 Å². The van der Waals surface area contributed by atoms with Gasteiger partial charge in [0.15, 0.2) is 0 Å². The third-order valence-corrected chi connectivity index (χ3v) is 5.57. The third-order valence-electron chi connectivity index (χ3n) is 4.72. The number of halogens is 1. The average Bonchev–Trinajstić information content (AvgIpc) is 3.50. The van der Waals surface area contributed by atoms with Gasteiger partial charge in [-0.3, -0.25) is 14.6 Å². The molecule has 29 heavy (non-hydrogen) atoms. The number of carbonyl (C=O) groups is 2. The Bertz CT molecular complexity index is 1030. The molecule has 0 saturated heterocycles. The van der Waals surface area contributed by atoms with Crippen molar-refractivity contribution in [3.8, 4) is 11.4 Å². The first-order valence-corrected chi connectivity index (χ1v) is 10.1. The molecule has 3 aromatic rings. The van der Waals surface area contributed by atoms with Crippen LogP contribution in [0.5, 0.6) is 0 Å². The highest BCUT2D eigenvalue weighted by molar-refractivity contribution is 7.09. The summed E-state index contributed by atoms with van der Waals surface area (Å²) in [7, 11) is 0. The summed E-state index contributed by atoms with van der Waals surface area (Å²) >= 11 is 1.02. The fourth-order valence-electron chi connectivity index (χ4n) is 2.91. The molecule has 0 spiro atoms. The Morgan fingerprint density at radius 1 is 1.17 bits per heavy atom. The number of rotatable bonds is 6. The Hall–Kier alpha value is -3.13. The molecule has 1 aromatic carbocycles.